The molecular weight excluding hydrogens is 332 g/mol. The molecule has 3 nitrogen and oxygen atoms in total. The lowest BCUT2D eigenvalue weighted by Crippen LogP contribution is -2.09. The number of ether oxygens (including phenoxy) is 1. The molecule has 2 aromatic rings. The van der Waals surface area contributed by atoms with Gasteiger partial charge in [-0.1, -0.05) is 12.1 Å². The first-order chi connectivity index (χ1) is 9.49. The number of nitrogen functional groups attached to an aromatic ring is 1. The van der Waals surface area contributed by atoms with Gasteiger partial charge in [0.1, 0.15) is 18.2 Å². The van der Waals surface area contributed by atoms with Crippen LogP contribution >= 0.6 is 15.9 Å². The summed E-state index contributed by atoms with van der Waals surface area (Å²) in [6.07, 6.45) is 0. The summed E-state index contributed by atoms with van der Waals surface area (Å²) in [5, 5.41) is 0. The van der Waals surface area contributed by atoms with Gasteiger partial charge >= 0.3 is 5.97 Å². The monoisotopic (exact) mass is 341 g/mol. The average Bonchev–Trinajstić information content (AvgIpc) is 2.43. The van der Waals surface area contributed by atoms with Crippen molar-refractivity contribution in [2.24, 2.45) is 0 Å². The quantitative estimate of drug-likeness (QED) is 0.684. The second-order valence-corrected chi connectivity index (χ2v) is 4.81. The highest BCUT2D eigenvalue weighted by atomic mass is 79.9. The zero-order valence-corrected chi connectivity index (χ0v) is 11.8. The van der Waals surface area contributed by atoms with Crippen molar-refractivity contribution in [3.05, 3.63) is 63.6 Å². The third kappa shape index (κ3) is 3.14. The fraction of sp³-hybridized carbons (Fsp3) is 0.0714. The number of nitrogens with two attached hydrogens (primary N) is 1. The Morgan fingerprint density at radius 3 is 2.75 bits per heavy atom. The molecule has 0 spiro atoms. The summed E-state index contributed by atoms with van der Waals surface area (Å²) in [6.45, 7) is -0.146. The largest absolute Gasteiger partial charge is 0.457 e. The third-order valence-corrected chi connectivity index (χ3v) is 3.51. The molecule has 0 amide bonds. The van der Waals surface area contributed by atoms with Gasteiger partial charge in [-0.3, -0.25) is 0 Å². The van der Waals surface area contributed by atoms with E-state index in [2.05, 4.69) is 15.9 Å². The molecule has 0 saturated carbocycles. The van der Waals surface area contributed by atoms with Crippen LogP contribution in [0.15, 0.2) is 40.9 Å². The minimum absolute atomic E-state index is 0.0578. The molecule has 0 saturated heterocycles. The Bertz CT molecular complexity index is 662. The lowest BCUT2D eigenvalue weighted by atomic mass is 10.2. The minimum atomic E-state index is -0.766. The van der Waals surface area contributed by atoms with Gasteiger partial charge in [-0.05, 0) is 40.2 Å². The SMILES string of the molecule is Nc1ccc(F)cc1C(=O)OCc1cccc(F)c1Br. The van der Waals surface area contributed by atoms with Crippen LogP contribution in [-0.2, 0) is 11.3 Å². The molecule has 0 aliphatic heterocycles. The number of esters is 1. The summed E-state index contributed by atoms with van der Waals surface area (Å²) in [5.41, 5.74) is 6.10. The second kappa shape index (κ2) is 6.00. The van der Waals surface area contributed by atoms with Crippen LogP contribution < -0.4 is 5.73 Å². The number of halogens is 3. The summed E-state index contributed by atoms with van der Waals surface area (Å²) < 4.78 is 31.6. The van der Waals surface area contributed by atoms with Crippen LogP contribution in [0.25, 0.3) is 0 Å². The first kappa shape index (κ1) is 14.5. The van der Waals surface area contributed by atoms with Gasteiger partial charge in [-0.15, -0.1) is 0 Å². The van der Waals surface area contributed by atoms with Crippen LogP contribution in [0.4, 0.5) is 14.5 Å². The van der Waals surface area contributed by atoms with Crippen molar-refractivity contribution >= 4 is 27.6 Å². The first-order valence-electron chi connectivity index (χ1n) is 5.64. The van der Waals surface area contributed by atoms with E-state index < -0.39 is 17.6 Å². The predicted octanol–water partition coefficient (Wildman–Crippen LogP) is 3.67. The van der Waals surface area contributed by atoms with Crippen molar-refractivity contribution in [3.63, 3.8) is 0 Å². The van der Waals surface area contributed by atoms with Gasteiger partial charge < -0.3 is 10.5 Å². The maximum absolute atomic E-state index is 13.3. The fourth-order valence-corrected chi connectivity index (χ4v) is 1.97. The van der Waals surface area contributed by atoms with Crippen LogP contribution in [0.2, 0.25) is 0 Å². The van der Waals surface area contributed by atoms with E-state index in [4.69, 9.17) is 10.5 Å². The zero-order chi connectivity index (χ0) is 14.7. The lowest BCUT2D eigenvalue weighted by molar-refractivity contribution is 0.0472. The highest BCUT2D eigenvalue weighted by Crippen LogP contribution is 2.22. The molecule has 2 N–H and O–H groups in total. The Kier molecular flexibility index (Phi) is 4.34. The van der Waals surface area contributed by atoms with E-state index in [0.717, 1.165) is 12.1 Å². The van der Waals surface area contributed by atoms with Gasteiger partial charge in [-0.2, -0.15) is 0 Å². The Balaban J connectivity index is 2.13. The molecule has 0 radical (unpaired) electrons. The smallest absolute Gasteiger partial charge is 0.340 e. The van der Waals surface area contributed by atoms with Gasteiger partial charge in [0.25, 0.3) is 0 Å². The topological polar surface area (TPSA) is 52.3 Å². The van der Waals surface area contributed by atoms with Gasteiger partial charge in [0, 0.05) is 11.3 Å². The molecule has 0 heterocycles. The van der Waals surface area contributed by atoms with E-state index in [1.165, 1.54) is 18.2 Å². The number of hydrogen-bond acceptors (Lipinski definition) is 3. The lowest BCUT2D eigenvalue weighted by Gasteiger charge is -2.08. The molecule has 0 unspecified atom stereocenters. The van der Waals surface area contributed by atoms with Crippen molar-refractivity contribution in [1.29, 1.82) is 0 Å². The van der Waals surface area contributed by atoms with Crippen molar-refractivity contribution in [2.75, 3.05) is 5.73 Å². The molecule has 6 heteroatoms. The van der Waals surface area contributed by atoms with Gasteiger partial charge in [0.15, 0.2) is 0 Å². The summed E-state index contributed by atoms with van der Waals surface area (Å²) in [7, 11) is 0. The Hall–Kier alpha value is -1.95. The first-order valence-corrected chi connectivity index (χ1v) is 6.43. The maximum Gasteiger partial charge on any atom is 0.340 e. The number of benzene rings is 2. The molecule has 0 atom stereocenters. The maximum atomic E-state index is 13.3. The molecule has 2 aromatic carbocycles. The van der Waals surface area contributed by atoms with E-state index in [-0.39, 0.29) is 22.3 Å². The number of carbonyl (C=O) groups is 1. The summed E-state index contributed by atoms with van der Waals surface area (Å²) in [6, 6.07) is 7.81. The van der Waals surface area contributed by atoms with Crippen LogP contribution in [0.5, 0.6) is 0 Å². The molecule has 20 heavy (non-hydrogen) atoms. The summed E-state index contributed by atoms with van der Waals surface area (Å²) >= 11 is 3.06. The Morgan fingerprint density at radius 1 is 1.25 bits per heavy atom. The second-order valence-electron chi connectivity index (χ2n) is 4.02. The zero-order valence-electron chi connectivity index (χ0n) is 10.2. The number of rotatable bonds is 3. The highest BCUT2D eigenvalue weighted by molar-refractivity contribution is 9.10. The average molecular weight is 342 g/mol. The van der Waals surface area contributed by atoms with Crippen LogP contribution in [0.3, 0.4) is 0 Å². The van der Waals surface area contributed by atoms with Crippen molar-refractivity contribution in [3.8, 4) is 0 Å². The molecule has 0 aliphatic rings. The molecule has 0 aromatic heterocycles. The normalized spacial score (nSPS) is 10.3. The standard InChI is InChI=1S/C14H10BrF2NO2/c15-13-8(2-1-3-11(13)17)7-20-14(19)10-6-9(16)4-5-12(10)18/h1-6H,7,18H2. The van der Waals surface area contributed by atoms with Crippen molar-refractivity contribution in [2.45, 2.75) is 6.61 Å². The number of hydrogen-bond donors (Lipinski definition) is 1. The van der Waals surface area contributed by atoms with Gasteiger partial charge in [-0.25, -0.2) is 13.6 Å². The number of anilines is 1. The van der Waals surface area contributed by atoms with Crippen molar-refractivity contribution in [1.82, 2.24) is 0 Å². The van der Waals surface area contributed by atoms with Gasteiger partial charge in [0.05, 0.1) is 10.0 Å². The van der Waals surface area contributed by atoms with Crippen molar-refractivity contribution < 1.29 is 18.3 Å². The Labute approximate surface area is 122 Å². The molecule has 2 rings (SSSR count). The molecule has 104 valence electrons. The molecule has 0 bridgehead atoms. The summed E-state index contributed by atoms with van der Waals surface area (Å²) in [4.78, 5) is 11.8. The molecule has 0 aliphatic carbocycles. The van der Waals surface area contributed by atoms with E-state index in [1.807, 2.05) is 0 Å². The van der Waals surface area contributed by atoms with E-state index in [1.54, 1.807) is 6.07 Å². The van der Waals surface area contributed by atoms with E-state index in [0.29, 0.717) is 5.56 Å². The summed E-state index contributed by atoms with van der Waals surface area (Å²) in [5.74, 6) is -1.81. The van der Waals surface area contributed by atoms with Crippen LogP contribution in [0, 0.1) is 11.6 Å². The Morgan fingerprint density at radius 2 is 2.00 bits per heavy atom. The van der Waals surface area contributed by atoms with E-state index >= 15 is 0 Å². The molecule has 0 fully saturated rings. The fourth-order valence-electron chi connectivity index (χ4n) is 1.59. The van der Waals surface area contributed by atoms with Gasteiger partial charge in [0.2, 0.25) is 0 Å². The van der Waals surface area contributed by atoms with E-state index in [9.17, 15) is 13.6 Å². The third-order valence-electron chi connectivity index (χ3n) is 2.63. The number of carbonyl (C=O) groups excluding carboxylic acids is 1. The highest BCUT2D eigenvalue weighted by Gasteiger charge is 2.14. The van der Waals surface area contributed by atoms with Crippen LogP contribution in [0.1, 0.15) is 15.9 Å². The van der Waals surface area contributed by atoms with Crippen LogP contribution in [-0.4, -0.2) is 5.97 Å². The minimum Gasteiger partial charge on any atom is -0.457 e. The predicted molar refractivity (Wildman–Crippen MR) is 74.0 cm³/mol. The molecular formula is C14H10BrF2NO2.